The lowest BCUT2D eigenvalue weighted by Crippen LogP contribution is -1.95. The number of hydrogen-bond donors (Lipinski definition) is 1. The minimum atomic E-state index is 0.598. The molecule has 0 fully saturated rings. The molecule has 2 nitrogen and oxygen atoms in total. The lowest BCUT2D eigenvalue weighted by Gasteiger charge is -2.10. The molecule has 0 amide bonds. The first-order chi connectivity index (χ1) is 8.60. The zero-order chi connectivity index (χ0) is 13.1. The first kappa shape index (κ1) is 13.1. The third kappa shape index (κ3) is 2.92. The Bertz CT molecular complexity index is 598. The molecule has 0 unspecified atom stereocenters. The van der Waals surface area contributed by atoms with E-state index in [2.05, 4.69) is 21.2 Å². The van der Waals surface area contributed by atoms with Gasteiger partial charge in [-0.25, -0.2) is 0 Å². The maximum absolute atomic E-state index is 11.0. The van der Waals surface area contributed by atoms with Crippen LogP contribution in [0.15, 0.2) is 40.9 Å². The van der Waals surface area contributed by atoms with Crippen LogP contribution in [0.3, 0.4) is 0 Å². The summed E-state index contributed by atoms with van der Waals surface area (Å²) in [4.78, 5) is 11.0. The van der Waals surface area contributed by atoms with Crippen molar-refractivity contribution < 1.29 is 4.79 Å². The second-order valence-corrected chi connectivity index (χ2v) is 5.26. The van der Waals surface area contributed by atoms with Crippen LogP contribution < -0.4 is 5.32 Å². The molecule has 2 aromatic rings. The molecule has 0 heterocycles. The molecule has 18 heavy (non-hydrogen) atoms. The summed E-state index contributed by atoms with van der Waals surface area (Å²) in [6.45, 7) is 1.95. The highest BCUT2D eigenvalue weighted by Gasteiger charge is 2.04. The van der Waals surface area contributed by atoms with Crippen LogP contribution in [0, 0.1) is 6.92 Å². The number of halogens is 2. The zero-order valence-corrected chi connectivity index (χ0v) is 12.0. The summed E-state index contributed by atoms with van der Waals surface area (Å²) in [6, 6.07) is 11.2. The Morgan fingerprint density at radius 1 is 1.22 bits per heavy atom. The fourth-order valence-electron chi connectivity index (χ4n) is 1.57. The topological polar surface area (TPSA) is 29.1 Å². The minimum absolute atomic E-state index is 0.598. The summed E-state index contributed by atoms with van der Waals surface area (Å²) >= 11 is 9.40. The van der Waals surface area contributed by atoms with E-state index in [1.54, 1.807) is 6.07 Å². The van der Waals surface area contributed by atoms with Crippen LogP contribution in [0.1, 0.15) is 15.9 Å². The van der Waals surface area contributed by atoms with Crippen LogP contribution in [0.4, 0.5) is 11.4 Å². The molecule has 2 aromatic carbocycles. The van der Waals surface area contributed by atoms with Crippen molar-refractivity contribution in [1.29, 1.82) is 0 Å². The van der Waals surface area contributed by atoms with Gasteiger partial charge in [-0.05, 0) is 42.8 Å². The third-order valence-corrected chi connectivity index (χ3v) is 3.49. The van der Waals surface area contributed by atoms with E-state index < -0.39 is 0 Å². The molecule has 0 aliphatic heterocycles. The van der Waals surface area contributed by atoms with E-state index in [-0.39, 0.29) is 0 Å². The number of benzene rings is 2. The van der Waals surface area contributed by atoms with E-state index in [1.807, 2.05) is 37.3 Å². The second-order valence-electron chi connectivity index (χ2n) is 3.94. The zero-order valence-electron chi connectivity index (χ0n) is 9.71. The molecule has 92 valence electrons. The molecule has 0 spiro atoms. The van der Waals surface area contributed by atoms with Crippen molar-refractivity contribution >= 4 is 45.2 Å². The Morgan fingerprint density at radius 3 is 2.67 bits per heavy atom. The molecule has 0 bridgehead atoms. The summed E-state index contributed by atoms with van der Waals surface area (Å²) in [5.41, 5.74) is 3.24. The van der Waals surface area contributed by atoms with Crippen LogP contribution in [-0.4, -0.2) is 6.29 Å². The number of aldehydes is 1. The highest BCUT2D eigenvalue weighted by atomic mass is 79.9. The van der Waals surface area contributed by atoms with Gasteiger partial charge in [0.1, 0.15) is 0 Å². The lowest BCUT2D eigenvalue weighted by atomic mass is 10.1. The van der Waals surface area contributed by atoms with Crippen LogP contribution in [0.25, 0.3) is 0 Å². The average Bonchev–Trinajstić information content (AvgIpc) is 2.36. The smallest absolute Gasteiger partial charge is 0.152 e. The Balaban J connectivity index is 2.33. The van der Waals surface area contributed by atoms with E-state index in [0.29, 0.717) is 10.6 Å². The van der Waals surface area contributed by atoms with E-state index in [4.69, 9.17) is 11.6 Å². The fourth-order valence-corrected chi connectivity index (χ4v) is 2.13. The third-order valence-electron chi connectivity index (χ3n) is 2.59. The van der Waals surface area contributed by atoms with Gasteiger partial charge in [-0.15, -0.1) is 0 Å². The van der Waals surface area contributed by atoms with Crippen molar-refractivity contribution in [3.63, 3.8) is 0 Å². The largest absolute Gasteiger partial charge is 0.355 e. The van der Waals surface area contributed by atoms with E-state index >= 15 is 0 Å². The van der Waals surface area contributed by atoms with Gasteiger partial charge in [-0.1, -0.05) is 33.6 Å². The average molecular weight is 325 g/mol. The van der Waals surface area contributed by atoms with Gasteiger partial charge in [-0.2, -0.15) is 0 Å². The molecule has 0 saturated heterocycles. The van der Waals surface area contributed by atoms with Crippen molar-refractivity contribution in [2.45, 2.75) is 6.92 Å². The molecule has 4 heteroatoms. The van der Waals surface area contributed by atoms with Gasteiger partial charge >= 0.3 is 0 Å². The number of nitrogens with one attached hydrogen (secondary N) is 1. The van der Waals surface area contributed by atoms with E-state index in [9.17, 15) is 4.79 Å². The van der Waals surface area contributed by atoms with Gasteiger partial charge in [0.05, 0.1) is 0 Å². The van der Waals surface area contributed by atoms with Crippen molar-refractivity contribution in [2.75, 3.05) is 5.32 Å². The predicted molar refractivity (Wildman–Crippen MR) is 79.0 cm³/mol. The SMILES string of the molecule is Cc1ccc(Nc2ccc(Br)cc2C=O)cc1Cl. The van der Waals surface area contributed by atoms with Crippen LogP contribution >= 0.6 is 27.5 Å². The van der Waals surface area contributed by atoms with E-state index in [1.165, 1.54) is 0 Å². The first-order valence-corrected chi connectivity index (χ1v) is 6.55. The van der Waals surface area contributed by atoms with Crippen molar-refractivity contribution in [3.8, 4) is 0 Å². The highest BCUT2D eigenvalue weighted by molar-refractivity contribution is 9.10. The summed E-state index contributed by atoms with van der Waals surface area (Å²) < 4.78 is 0.872. The van der Waals surface area contributed by atoms with Gasteiger partial charge in [0.15, 0.2) is 6.29 Å². The fraction of sp³-hybridized carbons (Fsp3) is 0.0714. The number of carbonyl (C=O) groups is 1. The van der Waals surface area contributed by atoms with Crippen molar-refractivity contribution in [2.24, 2.45) is 0 Å². The maximum Gasteiger partial charge on any atom is 0.152 e. The van der Waals surface area contributed by atoms with Gasteiger partial charge in [0, 0.05) is 26.4 Å². The molecule has 0 radical (unpaired) electrons. The molecule has 0 aromatic heterocycles. The molecular formula is C14H11BrClNO. The monoisotopic (exact) mass is 323 g/mol. The normalized spacial score (nSPS) is 10.2. The van der Waals surface area contributed by atoms with Gasteiger partial charge in [0.25, 0.3) is 0 Å². The highest BCUT2D eigenvalue weighted by Crippen LogP contribution is 2.26. The summed E-state index contributed by atoms with van der Waals surface area (Å²) in [5, 5.41) is 3.88. The summed E-state index contributed by atoms with van der Waals surface area (Å²) in [7, 11) is 0. The van der Waals surface area contributed by atoms with Crippen molar-refractivity contribution in [1.82, 2.24) is 0 Å². The minimum Gasteiger partial charge on any atom is -0.355 e. The summed E-state index contributed by atoms with van der Waals surface area (Å²) in [6.07, 6.45) is 0.822. The molecule has 1 N–H and O–H groups in total. The Morgan fingerprint density at radius 2 is 2.00 bits per heavy atom. The molecular weight excluding hydrogens is 314 g/mol. The Hall–Kier alpha value is -1.32. The first-order valence-electron chi connectivity index (χ1n) is 5.38. The standard InChI is InChI=1S/C14H11BrClNO/c1-9-2-4-12(7-13(9)16)17-14-5-3-11(15)6-10(14)8-18/h2-8,17H,1H3. The van der Waals surface area contributed by atoms with Crippen LogP contribution in [0.2, 0.25) is 5.02 Å². The van der Waals surface area contributed by atoms with E-state index in [0.717, 1.165) is 27.7 Å². The molecule has 2 rings (SSSR count). The number of rotatable bonds is 3. The van der Waals surface area contributed by atoms with Gasteiger partial charge in [-0.3, -0.25) is 4.79 Å². The molecule has 0 saturated carbocycles. The summed E-state index contributed by atoms with van der Waals surface area (Å²) in [5.74, 6) is 0. The Labute approximate surface area is 119 Å². The molecule has 0 aliphatic rings. The molecule has 0 atom stereocenters. The van der Waals surface area contributed by atoms with Crippen LogP contribution in [0.5, 0.6) is 0 Å². The van der Waals surface area contributed by atoms with Gasteiger partial charge < -0.3 is 5.32 Å². The molecule has 0 aliphatic carbocycles. The number of hydrogen-bond acceptors (Lipinski definition) is 2. The van der Waals surface area contributed by atoms with Crippen LogP contribution in [-0.2, 0) is 0 Å². The number of carbonyl (C=O) groups excluding carboxylic acids is 1. The quantitative estimate of drug-likeness (QED) is 0.808. The predicted octanol–water partition coefficient (Wildman–Crippen LogP) is 4.97. The van der Waals surface area contributed by atoms with Crippen molar-refractivity contribution in [3.05, 3.63) is 57.0 Å². The second kappa shape index (κ2) is 5.55. The van der Waals surface area contributed by atoms with Gasteiger partial charge in [0.2, 0.25) is 0 Å². The number of aryl methyl sites for hydroxylation is 1. The Kier molecular flexibility index (Phi) is 4.04. The number of anilines is 2. The maximum atomic E-state index is 11.0. The lowest BCUT2D eigenvalue weighted by molar-refractivity contribution is 0.112.